The molecule has 0 saturated carbocycles. The SMILES string of the molecule is Cc1nccc(-c2cccc(NC(=O)C3CCNCC3)c2)n1.Cl. The van der Waals surface area contributed by atoms with Gasteiger partial charge in [0.15, 0.2) is 0 Å². The van der Waals surface area contributed by atoms with E-state index in [1.807, 2.05) is 37.3 Å². The van der Waals surface area contributed by atoms with Gasteiger partial charge in [0.2, 0.25) is 5.91 Å². The van der Waals surface area contributed by atoms with Gasteiger partial charge in [-0.05, 0) is 51.1 Å². The number of hydrogen-bond donors (Lipinski definition) is 2. The predicted molar refractivity (Wildman–Crippen MR) is 93.7 cm³/mol. The third-order valence-electron chi connectivity index (χ3n) is 3.91. The third-order valence-corrected chi connectivity index (χ3v) is 3.91. The van der Waals surface area contributed by atoms with Crippen LogP contribution in [0.5, 0.6) is 0 Å². The molecule has 2 N–H and O–H groups in total. The Labute approximate surface area is 142 Å². The van der Waals surface area contributed by atoms with E-state index >= 15 is 0 Å². The highest BCUT2D eigenvalue weighted by molar-refractivity contribution is 5.93. The van der Waals surface area contributed by atoms with Crippen LogP contribution in [-0.4, -0.2) is 29.0 Å². The van der Waals surface area contributed by atoms with E-state index in [1.54, 1.807) is 6.20 Å². The summed E-state index contributed by atoms with van der Waals surface area (Å²) in [7, 11) is 0. The van der Waals surface area contributed by atoms with Crippen LogP contribution < -0.4 is 10.6 Å². The first-order valence-corrected chi connectivity index (χ1v) is 7.64. The lowest BCUT2D eigenvalue weighted by Crippen LogP contribution is -2.34. The molecule has 23 heavy (non-hydrogen) atoms. The summed E-state index contributed by atoms with van der Waals surface area (Å²) in [6.07, 6.45) is 3.55. The quantitative estimate of drug-likeness (QED) is 0.907. The summed E-state index contributed by atoms with van der Waals surface area (Å²) in [6, 6.07) is 9.67. The van der Waals surface area contributed by atoms with Crippen LogP contribution >= 0.6 is 12.4 Å². The predicted octanol–water partition coefficient (Wildman–Crippen LogP) is 2.81. The number of amides is 1. The summed E-state index contributed by atoms with van der Waals surface area (Å²) in [4.78, 5) is 20.8. The van der Waals surface area contributed by atoms with Gasteiger partial charge in [-0.25, -0.2) is 9.97 Å². The maximum absolute atomic E-state index is 12.3. The van der Waals surface area contributed by atoms with Crippen molar-refractivity contribution in [2.75, 3.05) is 18.4 Å². The molecule has 2 aromatic rings. The summed E-state index contributed by atoms with van der Waals surface area (Å²) in [5, 5.41) is 6.30. The van der Waals surface area contributed by atoms with E-state index in [-0.39, 0.29) is 24.2 Å². The summed E-state index contributed by atoms with van der Waals surface area (Å²) in [5.74, 6) is 0.949. The number of aryl methyl sites for hydroxylation is 1. The first kappa shape index (κ1) is 17.4. The van der Waals surface area contributed by atoms with E-state index in [0.29, 0.717) is 0 Å². The van der Waals surface area contributed by atoms with E-state index in [9.17, 15) is 4.79 Å². The van der Waals surface area contributed by atoms with Crippen LogP contribution in [-0.2, 0) is 4.79 Å². The summed E-state index contributed by atoms with van der Waals surface area (Å²) in [5.41, 5.74) is 2.66. The minimum Gasteiger partial charge on any atom is -0.326 e. The van der Waals surface area contributed by atoms with E-state index in [2.05, 4.69) is 20.6 Å². The molecule has 2 heterocycles. The van der Waals surface area contributed by atoms with Crippen LogP contribution in [0.1, 0.15) is 18.7 Å². The highest BCUT2D eigenvalue weighted by atomic mass is 35.5. The molecule has 1 aliphatic heterocycles. The van der Waals surface area contributed by atoms with Gasteiger partial charge in [-0.3, -0.25) is 4.79 Å². The standard InChI is InChI=1S/C17H20N4O.ClH/c1-12-19-10-7-16(20-12)14-3-2-4-15(11-14)21-17(22)13-5-8-18-9-6-13;/h2-4,7,10-11,13,18H,5-6,8-9H2,1H3,(H,21,22);1H. The number of carbonyl (C=O) groups is 1. The lowest BCUT2D eigenvalue weighted by molar-refractivity contribution is -0.120. The number of rotatable bonds is 3. The van der Waals surface area contributed by atoms with Crippen LogP contribution in [0.3, 0.4) is 0 Å². The number of aromatic nitrogens is 2. The van der Waals surface area contributed by atoms with Gasteiger partial charge in [0.25, 0.3) is 0 Å². The summed E-state index contributed by atoms with van der Waals surface area (Å²) >= 11 is 0. The van der Waals surface area contributed by atoms with Gasteiger partial charge >= 0.3 is 0 Å². The second-order valence-electron chi connectivity index (χ2n) is 5.58. The Morgan fingerprint density at radius 2 is 2.04 bits per heavy atom. The van der Waals surface area contributed by atoms with Gasteiger partial charge in [0, 0.05) is 23.4 Å². The van der Waals surface area contributed by atoms with Crippen LogP contribution in [0.2, 0.25) is 0 Å². The number of piperidine rings is 1. The molecule has 1 saturated heterocycles. The van der Waals surface area contributed by atoms with Crippen molar-refractivity contribution in [1.29, 1.82) is 0 Å². The number of benzene rings is 1. The highest BCUT2D eigenvalue weighted by Crippen LogP contribution is 2.22. The van der Waals surface area contributed by atoms with Crippen LogP contribution in [0, 0.1) is 12.8 Å². The second kappa shape index (κ2) is 8.04. The fourth-order valence-corrected chi connectivity index (χ4v) is 2.70. The first-order valence-electron chi connectivity index (χ1n) is 7.64. The topological polar surface area (TPSA) is 66.9 Å². The number of carbonyl (C=O) groups excluding carboxylic acids is 1. The molecule has 0 aliphatic carbocycles. The molecule has 1 fully saturated rings. The van der Waals surface area contributed by atoms with Gasteiger partial charge in [0.1, 0.15) is 5.82 Å². The van der Waals surface area contributed by atoms with Gasteiger partial charge in [-0.1, -0.05) is 12.1 Å². The van der Waals surface area contributed by atoms with E-state index in [0.717, 1.165) is 48.7 Å². The molecule has 1 aliphatic rings. The zero-order valence-corrected chi connectivity index (χ0v) is 13.9. The molecular weight excluding hydrogens is 312 g/mol. The molecule has 1 aromatic heterocycles. The molecule has 3 rings (SSSR count). The Bertz CT molecular complexity index is 671. The average Bonchev–Trinajstić information content (AvgIpc) is 2.56. The molecule has 122 valence electrons. The molecule has 0 atom stereocenters. The molecule has 5 nitrogen and oxygen atoms in total. The Morgan fingerprint density at radius 3 is 2.78 bits per heavy atom. The largest absolute Gasteiger partial charge is 0.326 e. The van der Waals surface area contributed by atoms with Crippen molar-refractivity contribution in [3.63, 3.8) is 0 Å². The molecule has 6 heteroatoms. The Hall–Kier alpha value is -1.98. The molecular formula is C17H21ClN4O. The Kier molecular flexibility index (Phi) is 6.07. The third kappa shape index (κ3) is 4.50. The van der Waals surface area contributed by atoms with Gasteiger partial charge in [-0.2, -0.15) is 0 Å². The lowest BCUT2D eigenvalue weighted by Gasteiger charge is -2.21. The van der Waals surface area contributed by atoms with Crippen molar-refractivity contribution >= 4 is 24.0 Å². The van der Waals surface area contributed by atoms with Crippen molar-refractivity contribution in [1.82, 2.24) is 15.3 Å². The van der Waals surface area contributed by atoms with Gasteiger partial charge in [-0.15, -0.1) is 12.4 Å². The molecule has 1 amide bonds. The molecule has 0 spiro atoms. The minimum atomic E-state index is 0. The van der Waals surface area contributed by atoms with E-state index in [4.69, 9.17) is 0 Å². The average molecular weight is 333 g/mol. The highest BCUT2D eigenvalue weighted by Gasteiger charge is 2.20. The normalized spacial score (nSPS) is 14.8. The van der Waals surface area contributed by atoms with E-state index < -0.39 is 0 Å². The molecule has 1 aromatic carbocycles. The monoisotopic (exact) mass is 332 g/mol. The van der Waals surface area contributed by atoms with Crippen molar-refractivity contribution in [2.45, 2.75) is 19.8 Å². The molecule has 0 radical (unpaired) electrons. The minimum absolute atomic E-state index is 0. The first-order chi connectivity index (χ1) is 10.7. The van der Waals surface area contributed by atoms with Crippen molar-refractivity contribution in [3.8, 4) is 11.3 Å². The number of nitrogens with one attached hydrogen (secondary N) is 2. The Morgan fingerprint density at radius 1 is 1.26 bits per heavy atom. The Balaban J connectivity index is 0.00000192. The maximum atomic E-state index is 12.3. The van der Waals surface area contributed by atoms with Crippen LogP contribution in [0.25, 0.3) is 11.3 Å². The number of anilines is 1. The number of hydrogen-bond acceptors (Lipinski definition) is 4. The maximum Gasteiger partial charge on any atom is 0.227 e. The van der Waals surface area contributed by atoms with Gasteiger partial charge < -0.3 is 10.6 Å². The zero-order chi connectivity index (χ0) is 15.4. The zero-order valence-electron chi connectivity index (χ0n) is 13.1. The van der Waals surface area contributed by atoms with Crippen LogP contribution in [0.15, 0.2) is 36.5 Å². The number of nitrogens with zero attached hydrogens (tertiary/aromatic N) is 2. The van der Waals surface area contributed by atoms with Gasteiger partial charge in [0.05, 0.1) is 5.69 Å². The van der Waals surface area contributed by atoms with Crippen LogP contribution in [0.4, 0.5) is 5.69 Å². The van der Waals surface area contributed by atoms with Crippen molar-refractivity contribution in [3.05, 3.63) is 42.4 Å². The molecule has 0 unspecified atom stereocenters. The lowest BCUT2D eigenvalue weighted by atomic mass is 9.97. The van der Waals surface area contributed by atoms with Crippen molar-refractivity contribution in [2.24, 2.45) is 5.92 Å². The fourth-order valence-electron chi connectivity index (χ4n) is 2.70. The fraction of sp³-hybridized carbons (Fsp3) is 0.353. The molecule has 0 bridgehead atoms. The smallest absolute Gasteiger partial charge is 0.227 e. The summed E-state index contributed by atoms with van der Waals surface area (Å²) < 4.78 is 0. The van der Waals surface area contributed by atoms with E-state index in [1.165, 1.54) is 0 Å². The number of halogens is 1. The second-order valence-corrected chi connectivity index (χ2v) is 5.58. The van der Waals surface area contributed by atoms with Crippen molar-refractivity contribution < 1.29 is 4.79 Å². The summed E-state index contributed by atoms with van der Waals surface area (Å²) in [6.45, 7) is 3.70.